The van der Waals surface area contributed by atoms with E-state index in [0.29, 0.717) is 28.2 Å². The molecule has 32 heavy (non-hydrogen) atoms. The Morgan fingerprint density at radius 1 is 1.31 bits per heavy atom. The first kappa shape index (κ1) is 22.4. The number of benzene rings is 1. The molecule has 168 valence electrons. The second kappa shape index (κ2) is 9.79. The van der Waals surface area contributed by atoms with E-state index in [9.17, 15) is 4.79 Å². The van der Waals surface area contributed by atoms with Gasteiger partial charge >= 0.3 is 0 Å². The molecule has 1 fully saturated rings. The monoisotopic (exact) mass is 473 g/mol. The lowest BCUT2D eigenvalue weighted by Crippen LogP contribution is -2.37. The van der Waals surface area contributed by atoms with Crippen molar-refractivity contribution >= 4 is 34.9 Å². The summed E-state index contributed by atoms with van der Waals surface area (Å²) in [4.78, 5) is 27.9. The van der Waals surface area contributed by atoms with Crippen molar-refractivity contribution in [3.8, 4) is 5.88 Å². The fourth-order valence-corrected chi connectivity index (χ4v) is 4.48. The van der Waals surface area contributed by atoms with Gasteiger partial charge in [0.1, 0.15) is 11.6 Å². The van der Waals surface area contributed by atoms with Crippen LogP contribution >= 0.6 is 23.2 Å². The number of H-pyrrole nitrogens is 1. The standard InChI is InChI=1S/C23H25Cl2N5O2/c1-15(31)29(2)19-6-9-30(14-19)21-4-3-5-22(28-21)32-20(23-26-7-8-27-23)12-16-10-17(24)13-18(25)11-16/h3-5,7-8,10-11,13,19-20H,6,9,12,14H2,1-2H3,(H,26,27). The number of aromatic nitrogens is 3. The highest BCUT2D eigenvalue weighted by Crippen LogP contribution is 2.28. The van der Waals surface area contributed by atoms with Gasteiger partial charge in [-0.05, 0) is 36.2 Å². The number of carbonyl (C=O) groups excluding carboxylic acids is 1. The number of ether oxygens (including phenoxy) is 1. The van der Waals surface area contributed by atoms with Gasteiger partial charge in [-0.15, -0.1) is 0 Å². The van der Waals surface area contributed by atoms with Gasteiger partial charge in [-0.3, -0.25) is 4.79 Å². The lowest BCUT2D eigenvalue weighted by molar-refractivity contribution is -0.129. The van der Waals surface area contributed by atoms with Gasteiger partial charge < -0.3 is 19.5 Å². The molecule has 3 heterocycles. The van der Waals surface area contributed by atoms with Gasteiger partial charge in [0.15, 0.2) is 6.10 Å². The second-order valence-electron chi connectivity index (χ2n) is 7.92. The van der Waals surface area contributed by atoms with Crippen LogP contribution in [0.3, 0.4) is 0 Å². The van der Waals surface area contributed by atoms with Crippen LogP contribution in [0.5, 0.6) is 5.88 Å². The number of hydrogen-bond donors (Lipinski definition) is 1. The SMILES string of the molecule is CC(=O)N(C)C1CCN(c2cccc(OC(Cc3cc(Cl)cc(Cl)c3)c3ncc[nH]3)n2)C1. The van der Waals surface area contributed by atoms with E-state index in [1.165, 1.54) is 0 Å². The first-order chi connectivity index (χ1) is 15.4. The molecule has 1 aromatic carbocycles. The largest absolute Gasteiger partial charge is 0.466 e. The van der Waals surface area contributed by atoms with Crippen LogP contribution in [-0.2, 0) is 11.2 Å². The summed E-state index contributed by atoms with van der Waals surface area (Å²) < 4.78 is 6.27. The molecule has 9 heteroatoms. The fourth-order valence-electron chi connectivity index (χ4n) is 3.91. The number of carbonyl (C=O) groups is 1. The van der Waals surface area contributed by atoms with Crippen LogP contribution in [0.15, 0.2) is 48.8 Å². The minimum atomic E-state index is -0.391. The van der Waals surface area contributed by atoms with E-state index < -0.39 is 6.10 Å². The molecule has 0 aliphatic carbocycles. The zero-order chi connectivity index (χ0) is 22.7. The van der Waals surface area contributed by atoms with Crippen LogP contribution < -0.4 is 9.64 Å². The first-order valence-electron chi connectivity index (χ1n) is 10.5. The van der Waals surface area contributed by atoms with Crippen molar-refractivity contribution in [1.82, 2.24) is 19.9 Å². The van der Waals surface area contributed by atoms with E-state index in [1.807, 2.05) is 37.4 Å². The Morgan fingerprint density at radius 2 is 2.09 bits per heavy atom. The Hall–Kier alpha value is -2.77. The highest BCUT2D eigenvalue weighted by atomic mass is 35.5. The maximum Gasteiger partial charge on any atom is 0.219 e. The molecular weight excluding hydrogens is 449 g/mol. The number of amides is 1. The average molecular weight is 474 g/mol. The number of halogens is 2. The average Bonchev–Trinajstić information content (AvgIpc) is 3.45. The minimum Gasteiger partial charge on any atom is -0.466 e. The zero-order valence-electron chi connectivity index (χ0n) is 18.0. The molecule has 0 bridgehead atoms. The van der Waals surface area contributed by atoms with Crippen molar-refractivity contribution < 1.29 is 9.53 Å². The van der Waals surface area contributed by atoms with Gasteiger partial charge in [0.05, 0.1) is 6.04 Å². The summed E-state index contributed by atoms with van der Waals surface area (Å²) in [6.07, 6.45) is 4.49. The molecule has 7 nitrogen and oxygen atoms in total. The molecule has 0 saturated carbocycles. The lowest BCUT2D eigenvalue weighted by atomic mass is 10.1. The summed E-state index contributed by atoms with van der Waals surface area (Å²) in [6.45, 7) is 3.17. The topological polar surface area (TPSA) is 74.3 Å². The van der Waals surface area contributed by atoms with Gasteiger partial charge in [0.25, 0.3) is 0 Å². The van der Waals surface area contributed by atoms with Gasteiger partial charge in [-0.1, -0.05) is 29.3 Å². The third kappa shape index (κ3) is 5.34. The van der Waals surface area contributed by atoms with Crippen molar-refractivity contribution in [3.05, 3.63) is 70.2 Å². The number of imidazole rings is 1. The van der Waals surface area contributed by atoms with E-state index >= 15 is 0 Å². The molecule has 1 aliphatic heterocycles. The predicted octanol–water partition coefficient (Wildman–Crippen LogP) is 4.53. The van der Waals surface area contributed by atoms with Crippen molar-refractivity contribution in [2.75, 3.05) is 25.0 Å². The lowest BCUT2D eigenvalue weighted by Gasteiger charge is -2.24. The van der Waals surface area contributed by atoms with Gasteiger partial charge in [-0.2, -0.15) is 4.98 Å². The first-order valence-corrected chi connectivity index (χ1v) is 11.2. The van der Waals surface area contributed by atoms with E-state index in [1.54, 1.807) is 30.3 Å². The summed E-state index contributed by atoms with van der Waals surface area (Å²) in [7, 11) is 1.85. The summed E-state index contributed by atoms with van der Waals surface area (Å²) >= 11 is 12.3. The molecule has 1 N–H and O–H groups in total. The quantitative estimate of drug-likeness (QED) is 0.545. The number of nitrogens with one attached hydrogen (secondary N) is 1. The zero-order valence-corrected chi connectivity index (χ0v) is 19.5. The molecule has 4 rings (SSSR count). The van der Waals surface area contributed by atoms with Gasteiger partial charge in [0.2, 0.25) is 11.8 Å². The Morgan fingerprint density at radius 3 is 2.78 bits per heavy atom. The van der Waals surface area contributed by atoms with Crippen molar-refractivity contribution in [2.24, 2.45) is 0 Å². The summed E-state index contributed by atoms with van der Waals surface area (Å²) in [6, 6.07) is 11.3. The Labute approximate surface area is 197 Å². The molecule has 2 aromatic heterocycles. The van der Waals surface area contributed by atoms with Crippen LogP contribution in [-0.4, -0.2) is 51.9 Å². The Bertz CT molecular complexity index is 1060. The van der Waals surface area contributed by atoms with Gasteiger partial charge in [0, 0.05) is 62.0 Å². The molecule has 0 spiro atoms. The summed E-state index contributed by atoms with van der Waals surface area (Å²) in [5.74, 6) is 2.09. The maximum atomic E-state index is 11.7. The summed E-state index contributed by atoms with van der Waals surface area (Å²) in [5.41, 5.74) is 0.940. The van der Waals surface area contributed by atoms with Crippen molar-refractivity contribution in [1.29, 1.82) is 0 Å². The second-order valence-corrected chi connectivity index (χ2v) is 8.79. The van der Waals surface area contributed by atoms with Crippen LogP contribution in [0.25, 0.3) is 0 Å². The molecule has 1 saturated heterocycles. The van der Waals surface area contributed by atoms with Crippen LogP contribution in [0.1, 0.15) is 30.8 Å². The smallest absolute Gasteiger partial charge is 0.219 e. The van der Waals surface area contributed by atoms with Crippen molar-refractivity contribution in [2.45, 2.75) is 31.9 Å². The molecule has 1 amide bonds. The van der Waals surface area contributed by atoms with Crippen LogP contribution in [0.4, 0.5) is 5.82 Å². The highest BCUT2D eigenvalue weighted by molar-refractivity contribution is 6.34. The number of likely N-dealkylation sites (N-methyl/N-ethyl adjacent to an activating group) is 1. The van der Waals surface area contributed by atoms with Gasteiger partial charge in [-0.25, -0.2) is 4.98 Å². The molecular formula is C23H25Cl2N5O2. The predicted molar refractivity (Wildman–Crippen MR) is 125 cm³/mol. The van der Waals surface area contributed by atoms with E-state index in [-0.39, 0.29) is 11.9 Å². The van der Waals surface area contributed by atoms with Crippen LogP contribution in [0.2, 0.25) is 10.0 Å². The molecule has 3 aromatic rings. The number of aromatic amines is 1. The van der Waals surface area contributed by atoms with Crippen molar-refractivity contribution in [3.63, 3.8) is 0 Å². The molecule has 2 atom stereocenters. The maximum absolute atomic E-state index is 11.7. The van der Waals surface area contributed by atoms with E-state index in [4.69, 9.17) is 32.9 Å². The van der Waals surface area contributed by atoms with Crippen LogP contribution in [0, 0.1) is 0 Å². The third-order valence-electron chi connectivity index (χ3n) is 5.67. The number of hydrogen-bond acceptors (Lipinski definition) is 5. The summed E-state index contributed by atoms with van der Waals surface area (Å²) in [5, 5.41) is 1.15. The number of pyridine rings is 1. The highest BCUT2D eigenvalue weighted by Gasteiger charge is 2.28. The Kier molecular flexibility index (Phi) is 6.86. The third-order valence-corrected chi connectivity index (χ3v) is 6.11. The van der Waals surface area contributed by atoms with E-state index in [0.717, 1.165) is 30.9 Å². The molecule has 1 aliphatic rings. The number of nitrogens with zero attached hydrogens (tertiary/aromatic N) is 4. The minimum absolute atomic E-state index is 0.0734. The normalized spacial score (nSPS) is 16.8. The molecule has 0 radical (unpaired) electrons. The Balaban J connectivity index is 1.51. The fraction of sp³-hybridized carbons (Fsp3) is 0.348. The van der Waals surface area contributed by atoms with E-state index in [2.05, 4.69) is 14.9 Å². The molecule has 2 unspecified atom stereocenters. The number of anilines is 1. The number of rotatable bonds is 7.